The van der Waals surface area contributed by atoms with Gasteiger partial charge >= 0.3 is 5.97 Å². The monoisotopic (exact) mass is 232 g/mol. The van der Waals surface area contributed by atoms with Gasteiger partial charge in [-0.15, -0.1) is 0 Å². The molecule has 0 atom stereocenters. The molecule has 0 saturated heterocycles. The lowest BCUT2D eigenvalue weighted by molar-refractivity contribution is -0.111. The van der Waals surface area contributed by atoms with Crippen molar-refractivity contribution in [1.29, 1.82) is 0 Å². The lowest BCUT2D eigenvalue weighted by Crippen LogP contribution is -2.09. The van der Waals surface area contributed by atoms with Crippen molar-refractivity contribution in [1.82, 2.24) is 4.98 Å². The predicted octanol–water partition coefficient (Wildman–Crippen LogP) is 1.85. The second-order valence-corrected chi connectivity index (χ2v) is 3.11. The van der Waals surface area contributed by atoms with Crippen LogP contribution in [0.1, 0.15) is 17.4 Å². The van der Waals surface area contributed by atoms with E-state index in [9.17, 15) is 9.59 Å². The number of allylic oxidation sites excluding steroid dienone is 3. The van der Waals surface area contributed by atoms with Crippen molar-refractivity contribution in [3.8, 4) is 0 Å². The molecule has 5 heteroatoms. The topological polar surface area (TPSA) is 79.3 Å². The van der Waals surface area contributed by atoms with Crippen LogP contribution < -0.4 is 5.32 Å². The quantitative estimate of drug-likeness (QED) is 0.613. The van der Waals surface area contributed by atoms with Crippen LogP contribution in [0.15, 0.2) is 42.6 Å². The van der Waals surface area contributed by atoms with E-state index in [1.807, 2.05) is 6.92 Å². The number of anilines is 1. The lowest BCUT2D eigenvalue weighted by Gasteiger charge is -2.02. The van der Waals surface area contributed by atoms with E-state index in [4.69, 9.17) is 5.11 Å². The Balaban J connectivity index is 2.71. The molecule has 0 bridgehead atoms. The summed E-state index contributed by atoms with van der Waals surface area (Å²) in [5.74, 6) is -1.46. The first-order chi connectivity index (χ1) is 8.13. The molecule has 0 unspecified atom stereocenters. The van der Waals surface area contributed by atoms with Gasteiger partial charge in [0.25, 0.3) is 0 Å². The largest absolute Gasteiger partial charge is 0.477 e. The minimum absolute atomic E-state index is 0.111. The first kappa shape index (κ1) is 12.6. The summed E-state index contributed by atoms with van der Waals surface area (Å²) in [4.78, 5) is 25.7. The first-order valence-corrected chi connectivity index (χ1v) is 4.93. The molecule has 1 aromatic heterocycles. The van der Waals surface area contributed by atoms with Crippen molar-refractivity contribution in [2.75, 3.05) is 5.32 Å². The number of carbonyl (C=O) groups is 2. The van der Waals surface area contributed by atoms with E-state index in [0.29, 0.717) is 5.69 Å². The average Bonchev–Trinajstić information content (AvgIpc) is 2.29. The molecule has 2 N–H and O–H groups in total. The summed E-state index contributed by atoms with van der Waals surface area (Å²) in [6, 6.07) is 2.82. The van der Waals surface area contributed by atoms with Gasteiger partial charge in [-0.25, -0.2) is 9.78 Å². The molecule has 1 heterocycles. The van der Waals surface area contributed by atoms with Gasteiger partial charge in [0.1, 0.15) is 5.69 Å². The number of nitrogens with zero attached hydrogens (tertiary/aromatic N) is 1. The number of pyridine rings is 1. The maximum Gasteiger partial charge on any atom is 0.354 e. The Hall–Kier alpha value is -2.43. The highest BCUT2D eigenvalue weighted by Crippen LogP contribution is 2.07. The van der Waals surface area contributed by atoms with Crippen LogP contribution in [-0.2, 0) is 4.79 Å². The Morgan fingerprint density at radius 1 is 1.41 bits per heavy atom. The van der Waals surface area contributed by atoms with Crippen LogP contribution in [0.4, 0.5) is 5.69 Å². The smallest absolute Gasteiger partial charge is 0.354 e. The Labute approximate surface area is 98.5 Å². The molecule has 0 aromatic carbocycles. The second-order valence-electron chi connectivity index (χ2n) is 3.11. The Bertz CT molecular complexity index is 478. The van der Waals surface area contributed by atoms with Crippen LogP contribution in [0, 0.1) is 0 Å². The highest BCUT2D eigenvalue weighted by Gasteiger charge is 2.05. The fourth-order valence-corrected chi connectivity index (χ4v) is 1.06. The number of rotatable bonds is 4. The Morgan fingerprint density at radius 3 is 2.82 bits per heavy atom. The molecule has 1 rings (SSSR count). The zero-order chi connectivity index (χ0) is 12.7. The molecule has 0 aliphatic rings. The summed E-state index contributed by atoms with van der Waals surface area (Å²) in [7, 11) is 0. The number of carbonyl (C=O) groups excluding carboxylic acids is 1. The molecular formula is C12H12N2O3. The minimum atomic E-state index is -1.13. The summed E-state index contributed by atoms with van der Waals surface area (Å²) in [6.07, 6.45) is 7.78. The number of amides is 1. The van der Waals surface area contributed by atoms with E-state index < -0.39 is 5.97 Å². The number of aromatic carboxylic acids is 1. The third kappa shape index (κ3) is 4.29. The van der Waals surface area contributed by atoms with Crippen LogP contribution in [0.25, 0.3) is 0 Å². The number of nitrogens with one attached hydrogen (secondary N) is 1. The van der Waals surface area contributed by atoms with Gasteiger partial charge in [0.2, 0.25) is 5.91 Å². The first-order valence-electron chi connectivity index (χ1n) is 4.93. The fourth-order valence-electron chi connectivity index (χ4n) is 1.06. The normalized spacial score (nSPS) is 10.9. The van der Waals surface area contributed by atoms with Crippen LogP contribution >= 0.6 is 0 Å². The molecule has 5 nitrogen and oxygen atoms in total. The van der Waals surface area contributed by atoms with Gasteiger partial charge in [-0.05, 0) is 19.1 Å². The van der Waals surface area contributed by atoms with Crippen molar-refractivity contribution in [2.45, 2.75) is 6.92 Å². The van der Waals surface area contributed by atoms with Crippen molar-refractivity contribution < 1.29 is 14.7 Å². The van der Waals surface area contributed by atoms with Gasteiger partial charge in [0.05, 0.1) is 0 Å². The molecule has 1 amide bonds. The molecule has 0 aliphatic heterocycles. The van der Waals surface area contributed by atoms with Crippen molar-refractivity contribution in [3.63, 3.8) is 0 Å². The SMILES string of the molecule is CC=CC=CC(=O)Nc1ccnc(C(=O)O)c1. The second kappa shape index (κ2) is 6.22. The number of carboxylic acids is 1. The zero-order valence-electron chi connectivity index (χ0n) is 9.25. The number of hydrogen-bond acceptors (Lipinski definition) is 3. The van der Waals surface area contributed by atoms with Crippen LogP contribution in [-0.4, -0.2) is 22.0 Å². The standard InChI is InChI=1S/C12H12N2O3/c1-2-3-4-5-11(15)14-9-6-7-13-10(8-9)12(16)17/h2-8H,1H3,(H,16,17)(H,13,14,15). The van der Waals surface area contributed by atoms with E-state index in [0.717, 1.165) is 0 Å². The molecule has 0 fully saturated rings. The van der Waals surface area contributed by atoms with E-state index in [-0.39, 0.29) is 11.6 Å². The minimum Gasteiger partial charge on any atom is -0.477 e. The summed E-state index contributed by atoms with van der Waals surface area (Å²) in [5.41, 5.74) is 0.285. The lowest BCUT2D eigenvalue weighted by atomic mass is 10.3. The van der Waals surface area contributed by atoms with Gasteiger partial charge in [-0.1, -0.05) is 18.2 Å². The summed E-state index contributed by atoms with van der Waals surface area (Å²) in [6.45, 7) is 1.84. The summed E-state index contributed by atoms with van der Waals surface area (Å²) >= 11 is 0. The molecular weight excluding hydrogens is 220 g/mol. The van der Waals surface area contributed by atoms with Crippen LogP contribution in [0.2, 0.25) is 0 Å². The molecule has 17 heavy (non-hydrogen) atoms. The van der Waals surface area contributed by atoms with E-state index in [2.05, 4.69) is 10.3 Å². The van der Waals surface area contributed by atoms with Gasteiger partial charge < -0.3 is 10.4 Å². The van der Waals surface area contributed by atoms with Crippen LogP contribution in [0.3, 0.4) is 0 Å². The van der Waals surface area contributed by atoms with Crippen molar-refractivity contribution in [2.24, 2.45) is 0 Å². The van der Waals surface area contributed by atoms with Gasteiger partial charge in [-0.3, -0.25) is 4.79 Å². The van der Waals surface area contributed by atoms with Crippen molar-refractivity contribution in [3.05, 3.63) is 48.3 Å². The molecule has 0 saturated carbocycles. The fraction of sp³-hybridized carbons (Fsp3) is 0.0833. The van der Waals surface area contributed by atoms with Gasteiger partial charge in [-0.2, -0.15) is 0 Å². The average molecular weight is 232 g/mol. The molecule has 1 aromatic rings. The Kier molecular flexibility index (Phi) is 4.62. The van der Waals surface area contributed by atoms with Gasteiger partial charge in [0, 0.05) is 18.0 Å². The van der Waals surface area contributed by atoms with E-state index >= 15 is 0 Å². The highest BCUT2D eigenvalue weighted by atomic mass is 16.4. The third-order valence-electron chi connectivity index (χ3n) is 1.80. The molecule has 88 valence electrons. The Morgan fingerprint density at radius 2 is 2.18 bits per heavy atom. The summed E-state index contributed by atoms with van der Waals surface area (Å²) < 4.78 is 0. The summed E-state index contributed by atoms with van der Waals surface area (Å²) in [5, 5.41) is 11.3. The van der Waals surface area contributed by atoms with E-state index in [1.54, 1.807) is 18.2 Å². The van der Waals surface area contributed by atoms with Crippen LogP contribution in [0.5, 0.6) is 0 Å². The van der Waals surface area contributed by atoms with E-state index in [1.165, 1.54) is 24.4 Å². The maximum absolute atomic E-state index is 11.4. The molecule has 0 aliphatic carbocycles. The number of aromatic nitrogens is 1. The number of carboxylic acid groups (broad SMARTS) is 1. The maximum atomic E-state index is 11.4. The third-order valence-corrected chi connectivity index (χ3v) is 1.80. The molecule has 0 radical (unpaired) electrons. The zero-order valence-corrected chi connectivity index (χ0v) is 9.25. The highest BCUT2D eigenvalue weighted by molar-refractivity contribution is 6.00. The van der Waals surface area contributed by atoms with Crippen molar-refractivity contribution >= 4 is 17.6 Å². The molecule has 0 spiro atoms. The number of hydrogen-bond donors (Lipinski definition) is 2. The van der Waals surface area contributed by atoms with Gasteiger partial charge in [0.15, 0.2) is 0 Å². The predicted molar refractivity (Wildman–Crippen MR) is 63.8 cm³/mol.